The van der Waals surface area contributed by atoms with Gasteiger partial charge in [0.15, 0.2) is 0 Å². The topological polar surface area (TPSA) is 62.5 Å². The molecule has 38 heavy (non-hydrogen) atoms. The summed E-state index contributed by atoms with van der Waals surface area (Å²) in [6, 6.07) is 6.60. The van der Waals surface area contributed by atoms with Gasteiger partial charge in [0.05, 0.1) is 13.3 Å². The minimum atomic E-state index is -0.196. The minimum Gasteiger partial charge on any atom is -0.387 e. The highest BCUT2D eigenvalue weighted by Gasteiger charge is 2.46. The molecule has 2 rings (SSSR count). The van der Waals surface area contributed by atoms with Crippen LogP contribution in [0.1, 0.15) is 73.3 Å². The Labute approximate surface area is 244 Å². The van der Waals surface area contributed by atoms with Crippen LogP contribution in [0, 0.1) is 0 Å². The molecule has 0 amide bonds. The quantitative estimate of drug-likeness (QED) is 0.104. The standard InChI is InChI=1S/C20H27BrN2.C6H14N2O.2C2H6.C2H4/c1-6-13-23-19-11-10-17(21)14-18(19)16(4)20(23,22-5)12-8-7-9-15(2)3;1-6(2)8-3-4-9-5-7;3*1-2/h7-12,14,16,22H,2,6,13H2,1,3-5H3;8H,1,3-5,7H2,2H3;2*1-2H3;1-2H2/b9-7+,12-8+;;;;. The lowest BCUT2D eigenvalue weighted by Crippen LogP contribution is -2.56. The van der Waals surface area contributed by atoms with E-state index in [9.17, 15) is 0 Å². The Hall–Kier alpha value is -2.12. The zero-order valence-electron chi connectivity index (χ0n) is 25.8. The van der Waals surface area contributed by atoms with E-state index >= 15 is 0 Å². The SMILES string of the molecule is C=C.C=C(C)/C=C/C=C/C1(NC)C(C)c2cc(Br)ccc2N1CCC.C=C(C)NCCOCN.CC.CC. The van der Waals surface area contributed by atoms with E-state index in [1.54, 1.807) is 0 Å². The first kappa shape index (κ1) is 40.4. The molecular weight excluding hydrogens is 536 g/mol. The molecule has 0 aromatic heterocycles. The van der Waals surface area contributed by atoms with Gasteiger partial charge in [-0.05, 0) is 57.2 Å². The number of allylic oxidation sites excluding steroid dienone is 5. The van der Waals surface area contributed by atoms with Gasteiger partial charge in [-0.1, -0.05) is 94.4 Å². The van der Waals surface area contributed by atoms with E-state index in [4.69, 9.17) is 10.5 Å². The first-order valence-corrected chi connectivity index (χ1v) is 14.5. The Bertz CT molecular complexity index is 822. The van der Waals surface area contributed by atoms with Crippen LogP contribution in [-0.4, -0.2) is 39.1 Å². The third-order valence-electron chi connectivity index (χ3n) is 5.33. The molecule has 6 heteroatoms. The fraction of sp³-hybridized carbons (Fsp3) is 0.500. The number of rotatable bonds is 11. The maximum atomic E-state index is 5.07. The zero-order chi connectivity index (χ0) is 30.1. The normalized spacial score (nSPS) is 17.0. The summed E-state index contributed by atoms with van der Waals surface area (Å²) in [6.07, 6.45) is 9.62. The van der Waals surface area contributed by atoms with E-state index in [0.717, 1.165) is 35.3 Å². The van der Waals surface area contributed by atoms with Crippen LogP contribution in [0.5, 0.6) is 0 Å². The van der Waals surface area contributed by atoms with Gasteiger partial charge in [-0.15, -0.1) is 13.2 Å². The summed E-state index contributed by atoms with van der Waals surface area (Å²) in [7, 11) is 2.05. The summed E-state index contributed by atoms with van der Waals surface area (Å²) in [5.41, 5.74) is 9.60. The average molecular weight is 594 g/mol. The summed E-state index contributed by atoms with van der Waals surface area (Å²) in [6.45, 7) is 32.7. The fourth-order valence-corrected chi connectivity index (χ4v) is 4.21. The van der Waals surface area contributed by atoms with Crippen molar-refractivity contribution in [1.82, 2.24) is 10.6 Å². The number of hydrogen-bond donors (Lipinski definition) is 3. The molecule has 218 valence electrons. The van der Waals surface area contributed by atoms with E-state index in [1.807, 2.05) is 54.7 Å². The number of hydrogen-bond acceptors (Lipinski definition) is 5. The van der Waals surface area contributed by atoms with E-state index in [0.29, 0.717) is 12.5 Å². The smallest absolute Gasteiger partial charge is 0.117 e. The molecule has 1 aliphatic heterocycles. The van der Waals surface area contributed by atoms with Gasteiger partial charge in [0, 0.05) is 34.9 Å². The number of nitrogens with one attached hydrogen (secondary N) is 2. The number of ether oxygens (including phenoxy) is 1. The summed E-state index contributed by atoms with van der Waals surface area (Å²) >= 11 is 3.61. The molecule has 5 nitrogen and oxygen atoms in total. The average Bonchev–Trinajstić information content (AvgIpc) is 3.15. The molecule has 0 radical (unpaired) electrons. The van der Waals surface area contributed by atoms with Gasteiger partial charge in [-0.25, -0.2) is 0 Å². The van der Waals surface area contributed by atoms with Crippen LogP contribution in [0.2, 0.25) is 0 Å². The molecule has 4 N–H and O–H groups in total. The molecule has 0 spiro atoms. The Morgan fingerprint density at radius 2 is 1.76 bits per heavy atom. The Balaban J connectivity index is -0.000000686. The third-order valence-corrected chi connectivity index (χ3v) is 5.83. The fourth-order valence-electron chi connectivity index (χ4n) is 3.83. The molecule has 0 aliphatic carbocycles. The van der Waals surface area contributed by atoms with Crippen molar-refractivity contribution in [3.8, 4) is 0 Å². The number of nitrogens with two attached hydrogens (primary N) is 1. The highest BCUT2D eigenvalue weighted by atomic mass is 79.9. The van der Waals surface area contributed by atoms with Crippen molar-refractivity contribution in [3.63, 3.8) is 0 Å². The minimum absolute atomic E-state index is 0.196. The second-order valence-electron chi connectivity index (χ2n) is 8.00. The summed E-state index contributed by atoms with van der Waals surface area (Å²) < 4.78 is 5.99. The van der Waals surface area contributed by atoms with Crippen LogP contribution in [0.4, 0.5) is 5.69 Å². The third kappa shape index (κ3) is 14.1. The number of fused-ring (bicyclic) bond motifs is 1. The lowest BCUT2D eigenvalue weighted by molar-refractivity contribution is 0.144. The van der Waals surface area contributed by atoms with Crippen LogP contribution < -0.4 is 21.3 Å². The van der Waals surface area contributed by atoms with Crippen molar-refractivity contribution >= 4 is 21.6 Å². The molecule has 2 atom stereocenters. The van der Waals surface area contributed by atoms with Crippen molar-refractivity contribution in [2.75, 3.05) is 38.4 Å². The molecule has 1 aromatic carbocycles. The second kappa shape index (κ2) is 25.2. The largest absolute Gasteiger partial charge is 0.387 e. The van der Waals surface area contributed by atoms with Crippen LogP contribution in [-0.2, 0) is 4.74 Å². The number of anilines is 1. The highest BCUT2D eigenvalue weighted by molar-refractivity contribution is 9.10. The van der Waals surface area contributed by atoms with E-state index < -0.39 is 0 Å². The Morgan fingerprint density at radius 3 is 2.24 bits per heavy atom. The molecule has 0 saturated carbocycles. The molecule has 0 fully saturated rings. The number of benzene rings is 1. The van der Waals surface area contributed by atoms with E-state index in [-0.39, 0.29) is 12.4 Å². The van der Waals surface area contributed by atoms with Gasteiger partial charge < -0.3 is 20.7 Å². The number of likely N-dealkylation sites (N-methyl/N-ethyl adjacent to an activating group) is 1. The van der Waals surface area contributed by atoms with Gasteiger partial charge in [0.2, 0.25) is 0 Å². The van der Waals surface area contributed by atoms with Crippen LogP contribution in [0.25, 0.3) is 0 Å². The number of halogens is 1. The summed E-state index contributed by atoms with van der Waals surface area (Å²) in [5, 5.41) is 6.59. The second-order valence-corrected chi connectivity index (χ2v) is 8.91. The molecular formula is C32H57BrN4O. The molecule has 1 heterocycles. The lowest BCUT2D eigenvalue weighted by Gasteiger charge is -2.40. The molecule has 0 saturated heterocycles. The van der Waals surface area contributed by atoms with Crippen molar-refractivity contribution in [2.45, 2.75) is 73.4 Å². The van der Waals surface area contributed by atoms with Gasteiger partial charge in [0.25, 0.3) is 0 Å². The first-order chi connectivity index (χ1) is 18.2. The molecule has 2 unspecified atom stereocenters. The molecule has 0 bridgehead atoms. The maximum Gasteiger partial charge on any atom is 0.117 e. The molecule has 1 aliphatic rings. The predicted octanol–water partition coefficient (Wildman–Crippen LogP) is 8.28. The Morgan fingerprint density at radius 1 is 1.16 bits per heavy atom. The monoisotopic (exact) mass is 592 g/mol. The predicted molar refractivity (Wildman–Crippen MR) is 177 cm³/mol. The van der Waals surface area contributed by atoms with Crippen LogP contribution >= 0.6 is 15.9 Å². The number of nitrogens with zero attached hydrogens (tertiary/aromatic N) is 1. The zero-order valence-corrected chi connectivity index (χ0v) is 27.4. The van der Waals surface area contributed by atoms with Crippen molar-refractivity contribution in [2.24, 2.45) is 5.73 Å². The van der Waals surface area contributed by atoms with Crippen molar-refractivity contribution < 1.29 is 4.74 Å². The summed E-state index contributed by atoms with van der Waals surface area (Å²) in [5.74, 6) is 0.362. The highest BCUT2D eigenvalue weighted by Crippen LogP contribution is 2.47. The van der Waals surface area contributed by atoms with Crippen LogP contribution in [0.15, 0.2) is 84.6 Å². The molecule has 1 aromatic rings. The van der Waals surface area contributed by atoms with Gasteiger partial charge in [-0.3, -0.25) is 5.32 Å². The lowest BCUT2D eigenvalue weighted by atomic mass is 9.90. The van der Waals surface area contributed by atoms with Crippen LogP contribution in [0.3, 0.4) is 0 Å². The Kier molecular flexibility index (Phi) is 26.7. The van der Waals surface area contributed by atoms with Gasteiger partial charge in [0.1, 0.15) is 5.66 Å². The van der Waals surface area contributed by atoms with E-state index in [1.165, 1.54) is 11.3 Å². The van der Waals surface area contributed by atoms with Gasteiger partial charge in [-0.2, -0.15) is 0 Å². The van der Waals surface area contributed by atoms with E-state index in [2.05, 4.69) is 108 Å². The van der Waals surface area contributed by atoms with Crippen molar-refractivity contribution in [3.05, 3.63) is 90.1 Å². The maximum absolute atomic E-state index is 5.07. The van der Waals surface area contributed by atoms with Gasteiger partial charge >= 0.3 is 0 Å². The first-order valence-electron chi connectivity index (χ1n) is 13.7. The summed E-state index contributed by atoms with van der Waals surface area (Å²) in [4.78, 5) is 2.49. The van der Waals surface area contributed by atoms with Crippen molar-refractivity contribution in [1.29, 1.82) is 0 Å².